The van der Waals surface area contributed by atoms with E-state index in [9.17, 15) is 26.4 Å². The first kappa shape index (κ1) is 23.0. The van der Waals surface area contributed by atoms with Crippen molar-refractivity contribution in [2.45, 2.75) is 48.5 Å². The highest BCUT2D eigenvalue weighted by atomic mass is 32.2. The third kappa shape index (κ3) is 4.04. The Kier molecular flexibility index (Phi) is 5.70. The maximum atomic E-state index is 13.3. The van der Waals surface area contributed by atoms with E-state index in [1.807, 2.05) is 4.90 Å². The minimum absolute atomic E-state index is 0.0507. The number of likely N-dealkylation sites (tertiary alicyclic amines) is 1. The van der Waals surface area contributed by atoms with Crippen molar-refractivity contribution in [1.82, 2.24) is 14.6 Å². The first-order chi connectivity index (χ1) is 15.6. The second kappa shape index (κ2) is 8.17. The van der Waals surface area contributed by atoms with E-state index in [1.54, 1.807) is 0 Å². The topological polar surface area (TPSA) is 97.8 Å². The predicted octanol–water partition coefficient (Wildman–Crippen LogP) is 1.81. The van der Waals surface area contributed by atoms with Gasteiger partial charge in [-0.15, -0.1) is 0 Å². The number of aromatic nitrogens is 1. The van der Waals surface area contributed by atoms with Crippen molar-refractivity contribution in [3.05, 3.63) is 24.0 Å². The highest BCUT2D eigenvalue weighted by molar-refractivity contribution is 7.89. The number of alkyl halides is 3. The van der Waals surface area contributed by atoms with E-state index in [0.717, 1.165) is 31.2 Å². The first-order valence-corrected chi connectivity index (χ1v) is 12.7. The first-order valence-electron chi connectivity index (χ1n) is 11.2. The molecule has 12 heteroatoms. The van der Waals surface area contributed by atoms with E-state index in [0.29, 0.717) is 39.1 Å². The van der Waals surface area contributed by atoms with Crippen molar-refractivity contribution in [2.75, 3.05) is 32.8 Å². The summed E-state index contributed by atoms with van der Waals surface area (Å²) in [6, 6.07) is 2.07. The van der Waals surface area contributed by atoms with Gasteiger partial charge in [-0.05, 0) is 37.8 Å². The van der Waals surface area contributed by atoms with Crippen LogP contribution in [0.3, 0.4) is 0 Å². The number of nitrogens with zero attached hydrogens (tertiary/aromatic N) is 2. The number of nitrogens with one attached hydrogen (secondary N) is 1. The van der Waals surface area contributed by atoms with Crippen molar-refractivity contribution in [2.24, 2.45) is 17.8 Å². The zero-order chi connectivity index (χ0) is 23.4. The molecule has 0 aromatic carbocycles. The monoisotopic (exact) mass is 489 g/mol. The fourth-order valence-corrected chi connectivity index (χ4v) is 7.19. The summed E-state index contributed by atoms with van der Waals surface area (Å²) in [5.74, 6) is -0.265. The number of sulfonamides is 1. The number of halogens is 3. The maximum absolute atomic E-state index is 13.3. The molecule has 0 radical (unpaired) electrons. The largest absolute Gasteiger partial charge is 0.434 e. The molecule has 0 saturated carbocycles. The number of carbonyl (C=O) groups is 1. The van der Waals surface area contributed by atoms with E-state index in [-0.39, 0.29) is 36.3 Å². The van der Waals surface area contributed by atoms with E-state index < -0.39 is 32.4 Å². The summed E-state index contributed by atoms with van der Waals surface area (Å²) < 4.78 is 79.3. The summed E-state index contributed by atoms with van der Waals surface area (Å²) in [6.45, 7) is 2.03. The van der Waals surface area contributed by atoms with Gasteiger partial charge in [-0.1, -0.05) is 0 Å². The summed E-state index contributed by atoms with van der Waals surface area (Å²) in [6.07, 6.45) is -1.24. The lowest BCUT2D eigenvalue weighted by Crippen LogP contribution is -2.42. The van der Waals surface area contributed by atoms with E-state index in [4.69, 9.17) is 9.47 Å². The van der Waals surface area contributed by atoms with Gasteiger partial charge in [-0.25, -0.2) is 13.1 Å². The Morgan fingerprint density at radius 1 is 1.27 bits per heavy atom. The molecule has 5 heterocycles. The number of rotatable bonds is 5. The number of pyridine rings is 1. The average Bonchev–Trinajstić information content (AvgIpc) is 3.46. The van der Waals surface area contributed by atoms with Crippen LogP contribution in [0, 0.1) is 17.8 Å². The van der Waals surface area contributed by atoms with Gasteiger partial charge in [0.2, 0.25) is 15.9 Å². The fourth-order valence-electron chi connectivity index (χ4n) is 5.94. The van der Waals surface area contributed by atoms with Crippen LogP contribution in [0.2, 0.25) is 0 Å². The number of carbonyl (C=O) groups excluding carboxylic acids is 1. The second-order valence-corrected chi connectivity index (χ2v) is 11.1. The molecule has 1 amide bonds. The van der Waals surface area contributed by atoms with Crippen molar-refractivity contribution in [3.63, 3.8) is 0 Å². The van der Waals surface area contributed by atoms with Gasteiger partial charge < -0.3 is 14.4 Å². The van der Waals surface area contributed by atoms with Crippen LogP contribution in [0.15, 0.2) is 23.2 Å². The third-order valence-electron chi connectivity index (χ3n) is 7.50. The molecule has 0 unspecified atom stereocenters. The van der Waals surface area contributed by atoms with Crippen molar-refractivity contribution < 1.29 is 35.9 Å². The van der Waals surface area contributed by atoms with E-state index in [1.165, 1.54) is 0 Å². The van der Waals surface area contributed by atoms with Crippen LogP contribution in [-0.4, -0.2) is 68.8 Å². The molecule has 1 spiro atoms. The summed E-state index contributed by atoms with van der Waals surface area (Å²) in [4.78, 5) is 17.2. The standard InChI is InChI=1S/C21H26F3N3O5S/c22-21(23,24)18-17(2-1-7-25-18)33(29,30)26-10-14-15-11-27(12-20(15)6-3-16(14)32-20)19(28)13-4-8-31-9-5-13/h1-2,7,13-16,26H,3-6,8-12H2/t14-,15+,16+,20+/m0/s1. The lowest BCUT2D eigenvalue weighted by molar-refractivity contribution is -0.143. The summed E-state index contributed by atoms with van der Waals surface area (Å²) in [5, 5.41) is 0. The molecular formula is C21H26F3N3O5S. The van der Waals surface area contributed by atoms with Gasteiger partial charge in [-0.3, -0.25) is 9.78 Å². The molecule has 4 saturated heterocycles. The lowest BCUT2D eigenvalue weighted by Gasteiger charge is -2.29. The maximum Gasteiger partial charge on any atom is 0.434 e. The Labute approximate surface area is 189 Å². The number of hydrogen-bond donors (Lipinski definition) is 1. The molecule has 0 aliphatic carbocycles. The van der Waals surface area contributed by atoms with Crippen LogP contribution < -0.4 is 4.72 Å². The number of ether oxygens (including phenoxy) is 2. The molecule has 4 fully saturated rings. The lowest BCUT2D eigenvalue weighted by atomic mass is 9.74. The molecular weight excluding hydrogens is 463 g/mol. The van der Waals surface area contributed by atoms with Gasteiger partial charge in [0.1, 0.15) is 4.90 Å². The van der Waals surface area contributed by atoms with Crippen LogP contribution in [0.1, 0.15) is 31.4 Å². The normalized spacial score (nSPS) is 32.3. The highest BCUT2D eigenvalue weighted by Crippen LogP contribution is 2.55. The number of amides is 1. The van der Waals surface area contributed by atoms with Crippen LogP contribution >= 0.6 is 0 Å². The van der Waals surface area contributed by atoms with Gasteiger partial charge in [0.05, 0.1) is 18.2 Å². The summed E-state index contributed by atoms with van der Waals surface area (Å²) in [5.41, 5.74) is -1.93. The summed E-state index contributed by atoms with van der Waals surface area (Å²) in [7, 11) is -4.44. The predicted molar refractivity (Wildman–Crippen MR) is 108 cm³/mol. The highest BCUT2D eigenvalue weighted by Gasteiger charge is 2.63. The Bertz CT molecular complexity index is 1030. The van der Waals surface area contributed by atoms with Gasteiger partial charge in [0, 0.05) is 50.3 Å². The molecule has 1 N–H and O–H groups in total. The molecule has 5 rings (SSSR count). The molecule has 4 aliphatic heterocycles. The van der Waals surface area contributed by atoms with Crippen LogP contribution in [0.4, 0.5) is 13.2 Å². The van der Waals surface area contributed by atoms with Gasteiger partial charge in [0.25, 0.3) is 0 Å². The molecule has 8 nitrogen and oxygen atoms in total. The van der Waals surface area contributed by atoms with Crippen molar-refractivity contribution in [1.29, 1.82) is 0 Å². The van der Waals surface area contributed by atoms with Gasteiger partial charge in [0.15, 0.2) is 5.69 Å². The van der Waals surface area contributed by atoms with Gasteiger partial charge in [-0.2, -0.15) is 13.2 Å². The Hall–Kier alpha value is -1.76. The molecule has 33 heavy (non-hydrogen) atoms. The van der Waals surface area contributed by atoms with Crippen LogP contribution in [-0.2, 0) is 30.5 Å². The molecule has 2 bridgehead atoms. The SMILES string of the molecule is O=C(C1CCOCC1)N1C[C@@H]2[C@H](CNS(=O)(=O)c3cccnc3C(F)(F)F)[C@H]3CC[C@]2(C1)O3. The van der Waals surface area contributed by atoms with Crippen molar-refractivity contribution in [3.8, 4) is 0 Å². The minimum Gasteiger partial charge on any atom is -0.381 e. The Morgan fingerprint density at radius 2 is 2.03 bits per heavy atom. The second-order valence-electron chi connectivity index (χ2n) is 9.34. The van der Waals surface area contributed by atoms with Crippen LogP contribution in [0.25, 0.3) is 0 Å². The van der Waals surface area contributed by atoms with E-state index >= 15 is 0 Å². The minimum atomic E-state index is -4.89. The zero-order valence-electron chi connectivity index (χ0n) is 17.9. The zero-order valence-corrected chi connectivity index (χ0v) is 18.7. The number of fused-ring (bicyclic) bond motifs is 1. The van der Waals surface area contributed by atoms with Crippen LogP contribution in [0.5, 0.6) is 0 Å². The quantitative estimate of drug-likeness (QED) is 0.678. The van der Waals surface area contributed by atoms with Crippen molar-refractivity contribution >= 4 is 15.9 Å². The molecule has 4 aliphatic rings. The fraction of sp³-hybridized carbons (Fsp3) is 0.714. The Morgan fingerprint density at radius 3 is 2.76 bits per heavy atom. The number of hydrogen-bond acceptors (Lipinski definition) is 6. The average molecular weight is 490 g/mol. The molecule has 1 aromatic rings. The third-order valence-corrected chi connectivity index (χ3v) is 8.96. The van der Waals surface area contributed by atoms with E-state index in [2.05, 4.69) is 9.71 Å². The Balaban J connectivity index is 1.30. The van der Waals surface area contributed by atoms with Gasteiger partial charge >= 0.3 is 6.18 Å². The summed E-state index contributed by atoms with van der Waals surface area (Å²) >= 11 is 0. The molecule has 4 atom stereocenters. The molecule has 182 valence electrons. The smallest absolute Gasteiger partial charge is 0.381 e. The molecule has 1 aromatic heterocycles.